The summed E-state index contributed by atoms with van der Waals surface area (Å²) in [6.45, 7) is 1.84. The number of hydrogen-bond acceptors (Lipinski definition) is 6. The van der Waals surface area contributed by atoms with Crippen LogP contribution in [0, 0.1) is 0 Å². The maximum atomic E-state index is 5.59. The van der Waals surface area contributed by atoms with Crippen LogP contribution in [0.1, 0.15) is 29.7 Å². The first kappa shape index (κ1) is 13.1. The van der Waals surface area contributed by atoms with Gasteiger partial charge in [-0.3, -0.25) is 0 Å². The van der Waals surface area contributed by atoms with E-state index in [0.717, 1.165) is 24.3 Å². The molecule has 2 heterocycles. The number of benzene rings is 1. The maximum absolute atomic E-state index is 5.59. The van der Waals surface area contributed by atoms with Crippen molar-refractivity contribution in [1.29, 1.82) is 0 Å². The minimum absolute atomic E-state index is 0.217. The third kappa shape index (κ3) is 2.97. The molecule has 0 bridgehead atoms. The second kappa shape index (κ2) is 6.02. The van der Waals surface area contributed by atoms with E-state index in [0.29, 0.717) is 24.9 Å². The molecule has 20 heavy (non-hydrogen) atoms. The Hall–Kier alpha value is -1.92. The van der Waals surface area contributed by atoms with Gasteiger partial charge in [0.05, 0.1) is 19.8 Å². The first-order valence-electron chi connectivity index (χ1n) is 6.61. The third-order valence-corrected chi connectivity index (χ3v) is 3.24. The van der Waals surface area contributed by atoms with Crippen molar-refractivity contribution in [3.8, 4) is 5.75 Å². The Kier molecular flexibility index (Phi) is 3.94. The molecule has 6 nitrogen and oxygen atoms in total. The van der Waals surface area contributed by atoms with Crippen LogP contribution < -0.4 is 10.1 Å². The topological polar surface area (TPSA) is 69.4 Å². The number of nitrogens with zero attached hydrogens (tertiary/aromatic N) is 2. The van der Waals surface area contributed by atoms with Crippen molar-refractivity contribution < 1.29 is 14.0 Å². The van der Waals surface area contributed by atoms with Crippen LogP contribution in [0.25, 0.3) is 0 Å². The van der Waals surface area contributed by atoms with Gasteiger partial charge in [-0.25, -0.2) is 0 Å². The normalized spacial score (nSPS) is 17.8. The van der Waals surface area contributed by atoms with Crippen molar-refractivity contribution in [1.82, 2.24) is 15.5 Å². The summed E-state index contributed by atoms with van der Waals surface area (Å²) in [5, 5.41) is 7.13. The average Bonchev–Trinajstić information content (AvgIpc) is 2.85. The molecule has 1 aliphatic heterocycles. The average molecular weight is 275 g/mol. The van der Waals surface area contributed by atoms with Gasteiger partial charge >= 0.3 is 0 Å². The lowest BCUT2D eigenvalue weighted by molar-refractivity contribution is 0.0998. The standard InChI is InChI=1S/C14H17N3O3/c1-18-11-4-2-3-10(7-11)8-19-9-13-16-14(20-17-13)12-5-6-15-12/h2-4,7,12,15H,5-6,8-9H2,1H3/t12-/m1/s1. The van der Waals surface area contributed by atoms with Crippen molar-refractivity contribution in [2.45, 2.75) is 25.7 Å². The molecule has 1 N–H and O–H groups in total. The van der Waals surface area contributed by atoms with Gasteiger partial charge in [0.25, 0.3) is 0 Å². The second-order valence-electron chi connectivity index (χ2n) is 4.69. The molecule has 1 saturated heterocycles. The van der Waals surface area contributed by atoms with E-state index < -0.39 is 0 Å². The van der Waals surface area contributed by atoms with E-state index in [1.165, 1.54) is 0 Å². The Morgan fingerprint density at radius 3 is 3.05 bits per heavy atom. The van der Waals surface area contributed by atoms with Crippen molar-refractivity contribution in [3.05, 3.63) is 41.5 Å². The summed E-state index contributed by atoms with van der Waals surface area (Å²) >= 11 is 0. The van der Waals surface area contributed by atoms with Gasteiger partial charge in [0.1, 0.15) is 12.4 Å². The van der Waals surface area contributed by atoms with Crippen LogP contribution in [-0.2, 0) is 18.0 Å². The smallest absolute Gasteiger partial charge is 0.243 e. The fourth-order valence-corrected chi connectivity index (χ4v) is 1.99. The summed E-state index contributed by atoms with van der Waals surface area (Å²) in [7, 11) is 1.65. The van der Waals surface area contributed by atoms with E-state index in [4.69, 9.17) is 14.0 Å². The summed E-state index contributed by atoms with van der Waals surface area (Å²) < 4.78 is 15.9. The zero-order chi connectivity index (χ0) is 13.8. The molecule has 1 aromatic heterocycles. The minimum Gasteiger partial charge on any atom is -0.497 e. The molecule has 1 fully saturated rings. The van der Waals surface area contributed by atoms with Gasteiger partial charge in [0, 0.05) is 0 Å². The molecule has 2 aromatic rings. The molecule has 6 heteroatoms. The fraction of sp³-hybridized carbons (Fsp3) is 0.429. The van der Waals surface area contributed by atoms with Gasteiger partial charge in [-0.2, -0.15) is 4.98 Å². The molecule has 106 valence electrons. The highest BCUT2D eigenvalue weighted by Gasteiger charge is 2.24. The highest BCUT2D eigenvalue weighted by molar-refractivity contribution is 5.27. The van der Waals surface area contributed by atoms with Crippen LogP contribution in [0.5, 0.6) is 5.75 Å². The summed E-state index contributed by atoms with van der Waals surface area (Å²) in [6.07, 6.45) is 1.05. The zero-order valence-corrected chi connectivity index (χ0v) is 11.3. The van der Waals surface area contributed by atoms with Crippen molar-refractivity contribution >= 4 is 0 Å². The summed E-state index contributed by atoms with van der Waals surface area (Å²) in [5.74, 6) is 2.05. The minimum atomic E-state index is 0.217. The van der Waals surface area contributed by atoms with Crippen LogP contribution in [0.4, 0.5) is 0 Å². The van der Waals surface area contributed by atoms with E-state index in [1.54, 1.807) is 7.11 Å². The molecular formula is C14H17N3O3. The van der Waals surface area contributed by atoms with Gasteiger partial charge in [-0.1, -0.05) is 17.3 Å². The molecule has 0 saturated carbocycles. The monoisotopic (exact) mass is 275 g/mol. The molecule has 0 amide bonds. The molecule has 0 spiro atoms. The Morgan fingerprint density at radius 2 is 2.30 bits per heavy atom. The SMILES string of the molecule is COc1cccc(COCc2noc([C@H]3CCN3)n2)c1. The lowest BCUT2D eigenvalue weighted by Crippen LogP contribution is -2.35. The van der Waals surface area contributed by atoms with E-state index >= 15 is 0 Å². The second-order valence-corrected chi connectivity index (χ2v) is 4.69. The van der Waals surface area contributed by atoms with Crippen molar-refractivity contribution in [2.75, 3.05) is 13.7 Å². The number of rotatable bonds is 6. The number of methoxy groups -OCH3 is 1. The Bertz CT molecular complexity index is 566. The van der Waals surface area contributed by atoms with E-state index in [-0.39, 0.29) is 6.04 Å². The van der Waals surface area contributed by atoms with Crippen LogP contribution in [0.15, 0.2) is 28.8 Å². The van der Waals surface area contributed by atoms with Crippen LogP contribution in [0.2, 0.25) is 0 Å². The molecule has 1 aromatic carbocycles. The molecule has 0 radical (unpaired) electrons. The lowest BCUT2D eigenvalue weighted by Gasteiger charge is -2.23. The van der Waals surface area contributed by atoms with Crippen molar-refractivity contribution in [2.24, 2.45) is 0 Å². The molecule has 0 unspecified atom stereocenters. The number of ether oxygens (including phenoxy) is 2. The third-order valence-electron chi connectivity index (χ3n) is 3.24. The predicted molar refractivity (Wildman–Crippen MR) is 71.1 cm³/mol. The van der Waals surface area contributed by atoms with Gasteiger partial charge in [-0.15, -0.1) is 0 Å². The molecule has 1 atom stereocenters. The Balaban J connectivity index is 1.50. The van der Waals surface area contributed by atoms with Gasteiger partial charge < -0.3 is 19.3 Å². The zero-order valence-electron chi connectivity index (χ0n) is 11.3. The van der Waals surface area contributed by atoms with E-state index in [1.807, 2.05) is 24.3 Å². The quantitative estimate of drug-likeness (QED) is 0.867. The van der Waals surface area contributed by atoms with Crippen LogP contribution in [-0.4, -0.2) is 23.8 Å². The number of hydrogen-bond donors (Lipinski definition) is 1. The number of aromatic nitrogens is 2. The highest BCUT2D eigenvalue weighted by atomic mass is 16.5. The molecule has 1 aliphatic rings. The first-order valence-corrected chi connectivity index (χ1v) is 6.61. The largest absolute Gasteiger partial charge is 0.497 e. The highest BCUT2D eigenvalue weighted by Crippen LogP contribution is 2.20. The van der Waals surface area contributed by atoms with Gasteiger partial charge in [-0.05, 0) is 30.7 Å². The van der Waals surface area contributed by atoms with E-state index in [2.05, 4.69) is 15.5 Å². The van der Waals surface area contributed by atoms with Crippen LogP contribution in [0.3, 0.4) is 0 Å². The van der Waals surface area contributed by atoms with Crippen LogP contribution >= 0.6 is 0 Å². The van der Waals surface area contributed by atoms with Gasteiger partial charge in [0.15, 0.2) is 5.82 Å². The maximum Gasteiger partial charge on any atom is 0.243 e. The molecule has 3 rings (SSSR count). The number of nitrogens with one attached hydrogen (secondary N) is 1. The molecular weight excluding hydrogens is 258 g/mol. The fourth-order valence-electron chi connectivity index (χ4n) is 1.99. The first-order chi connectivity index (χ1) is 9.85. The summed E-state index contributed by atoms with van der Waals surface area (Å²) in [4.78, 5) is 4.31. The lowest BCUT2D eigenvalue weighted by atomic mass is 10.1. The predicted octanol–water partition coefficient (Wildman–Crippen LogP) is 1.83. The van der Waals surface area contributed by atoms with Crippen molar-refractivity contribution in [3.63, 3.8) is 0 Å². The Labute approximate surface area is 117 Å². The van der Waals surface area contributed by atoms with E-state index in [9.17, 15) is 0 Å². The summed E-state index contributed by atoms with van der Waals surface area (Å²) in [5.41, 5.74) is 1.05. The Morgan fingerprint density at radius 1 is 1.40 bits per heavy atom. The molecule has 0 aliphatic carbocycles. The summed E-state index contributed by atoms with van der Waals surface area (Å²) in [6, 6.07) is 7.99. The van der Waals surface area contributed by atoms with Gasteiger partial charge in [0.2, 0.25) is 5.89 Å².